The van der Waals surface area contributed by atoms with Gasteiger partial charge in [0.15, 0.2) is 0 Å². The maximum absolute atomic E-state index is 11.0. The molecule has 0 spiro atoms. The van der Waals surface area contributed by atoms with Crippen LogP contribution in [0.25, 0.3) is 0 Å². The molecule has 0 unspecified atom stereocenters. The van der Waals surface area contributed by atoms with Gasteiger partial charge in [-0.3, -0.25) is 4.79 Å². The minimum atomic E-state index is -0.114. The average molecular weight is 252 g/mol. The minimum Gasteiger partial charge on any atom is -0.354 e. The molecule has 0 fully saturated rings. The number of carbonyl (C=O) groups excluding carboxylic acids is 1. The van der Waals surface area contributed by atoms with E-state index in [0.717, 1.165) is 17.1 Å². The van der Waals surface area contributed by atoms with Crippen LogP contribution in [0.1, 0.15) is 12.6 Å². The van der Waals surface area contributed by atoms with Crippen LogP contribution in [0.2, 0.25) is 0 Å². The van der Waals surface area contributed by atoms with Crippen LogP contribution < -0.4 is 10.6 Å². The Kier molecular flexibility index (Phi) is 3.74. The van der Waals surface area contributed by atoms with Crippen molar-refractivity contribution in [3.8, 4) is 6.07 Å². The molecule has 0 saturated carbocycles. The van der Waals surface area contributed by atoms with E-state index in [1.54, 1.807) is 18.3 Å². The molecule has 1 heterocycles. The highest BCUT2D eigenvalue weighted by atomic mass is 16.1. The average Bonchev–Trinajstić information content (AvgIpc) is 2.39. The molecule has 94 valence electrons. The largest absolute Gasteiger partial charge is 0.354 e. The molecule has 5 heteroatoms. The van der Waals surface area contributed by atoms with Gasteiger partial charge in [0.1, 0.15) is 11.8 Å². The molecule has 2 rings (SSSR count). The summed E-state index contributed by atoms with van der Waals surface area (Å²) in [6.07, 6.45) is 1.59. The Morgan fingerprint density at radius 1 is 1.21 bits per heavy atom. The van der Waals surface area contributed by atoms with Crippen LogP contribution in [0.15, 0.2) is 42.6 Å². The lowest BCUT2D eigenvalue weighted by Gasteiger charge is -2.08. The number of aromatic nitrogens is 1. The number of nitriles is 1. The molecule has 0 saturated heterocycles. The number of anilines is 3. The van der Waals surface area contributed by atoms with E-state index >= 15 is 0 Å². The van der Waals surface area contributed by atoms with Crippen LogP contribution in [0.3, 0.4) is 0 Å². The normalized spacial score (nSPS) is 9.47. The number of hydrogen-bond donors (Lipinski definition) is 2. The monoisotopic (exact) mass is 252 g/mol. The Morgan fingerprint density at radius 3 is 2.63 bits per heavy atom. The van der Waals surface area contributed by atoms with Gasteiger partial charge in [-0.1, -0.05) is 6.07 Å². The molecule has 0 aliphatic heterocycles. The number of pyridine rings is 1. The maximum Gasteiger partial charge on any atom is 0.221 e. The summed E-state index contributed by atoms with van der Waals surface area (Å²) in [6, 6.07) is 12.7. The van der Waals surface area contributed by atoms with Gasteiger partial charge in [0.25, 0.3) is 0 Å². The van der Waals surface area contributed by atoms with Gasteiger partial charge in [-0.15, -0.1) is 0 Å². The Labute approximate surface area is 110 Å². The molecule has 0 radical (unpaired) electrons. The summed E-state index contributed by atoms with van der Waals surface area (Å²) < 4.78 is 0. The lowest BCUT2D eigenvalue weighted by Crippen LogP contribution is -2.05. The highest BCUT2D eigenvalue weighted by molar-refractivity contribution is 5.89. The van der Waals surface area contributed by atoms with Crippen molar-refractivity contribution in [3.05, 3.63) is 48.3 Å². The van der Waals surface area contributed by atoms with Gasteiger partial charge >= 0.3 is 0 Å². The van der Waals surface area contributed by atoms with Crippen LogP contribution in [-0.4, -0.2) is 10.9 Å². The van der Waals surface area contributed by atoms with Gasteiger partial charge in [0.05, 0.1) is 11.9 Å². The fourth-order valence-electron chi connectivity index (χ4n) is 1.58. The number of benzene rings is 1. The molecular formula is C14H12N4O. The second-order valence-electron chi connectivity index (χ2n) is 3.93. The lowest BCUT2D eigenvalue weighted by molar-refractivity contribution is -0.114. The Balaban J connectivity index is 2.14. The SMILES string of the molecule is CC(=O)Nc1cccc(Nc2ccc(C#N)nc2)c1. The second kappa shape index (κ2) is 5.65. The summed E-state index contributed by atoms with van der Waals surface area (Å²) in [5, 5.41) is 14.5. The van der Waals surface area contributed by atoms with E-state index in [9.17, 15) is 4.79 Å². The summed E-state index contributed by atoms with van der Waals surface area (Å²) >= 11 is 0. The van der Waals surface area contributed by atoms with E-state index in [0.29, 0.717) is 5.69 Å². The second-order valence-corrected chi connectivity index (χ2v) is 3.93. The van der Waals surface area contributed by atoms with Crippen LogP contribution in [0.5, 0.6) is 0 Å². The molecule has 2 N–H and O–H groups in total. The number of hydrogen-bond acceptors (Lipinski definition) is 4. The summed E-state index contributed by atoms with van der Waals surface area (Å²) in [4.78, 5) is 15.0. The van der Waals surface area contributed by atoms with Crippen LogP contribution in [-0.2, 0) is 4.79 Å². The predicted octanol–water partition coefficient (Wildman–Crippen LogP) is 2.66. The van der Waals surface area contributed by atoms with Crippen molar-refractivity contribution in [2.45, 2.75) is 6.92 Å². The van der Waals surface area contributed by atoms with E-state index < -0.39 is 0 Å². The van der Waals surface area contributed by atoms with E-state index in [1.165, 1.54) is 6.92 Å². The van der Waals surface area contributed by atoms with Crippen molar-refractivity contribution in [1.29, 1.82) is 5.26 Å². The fraction of sp³-hybridized carbons (Fsp3) is 0.0714. The molecular weight excluding hydrogens is 240 g/mol. The summed E-state index contributed by atoms with van der Waals surface area (Å²) in [5.74, 6) is -0.114. The van der Waals surface area contributed by atoms with Crippen molar-refractivity contribution in [1.82, 2.24) is 4.98 Å². The van der Waals surface area contributed by atoms with Crippen molar-refractivity contribution >= 4 is 23.0 Å². The number of rotatable bonds is 3. The number of nitrogens with one attached hydrogen (secondary N) is 2. The number of amides is 1. The van der Waals surface area contributed by atoms with Gasteiger partial charge in [-0.25, -0.2) is 4.98 Å². The minimum absolute atomic E-state index is 0.114. The molecule has 1 aromatic carbocycles. The van der Waals surface area contributed by atoms with E-state index in [-0.39, 0.29) is 5.91 Å². The molecule has 1 aromatic heterocycles. The zero-order valence-electron chi connectivity index (χ0n) is 10.3. The zero-order chi connectivity index (χ0) is 13.7. The predicted molar refractivity (Wildman–Crippen MR) is 73.0 cm³/mol. The topological polar surface area (TPSA) is 77.8 Å². The maximum atomic E-state index is 11.0. The van der Waals surface area contributed by atoms with Crippen LogP contribution in [0, 0.1) is 11.3 Å². The van der Waals surface area contributed by atoms with Crippen molar-refractivity contribution < 1.29 is 4.79 Å². The third kappa shape index (κ3) is 3.54. The summed E-state index contributed by atoms with van der Waals surface area (Å²) in [7, 11) is 0. The first-order valence-corrected chi connectivity index (χ1v) is 5.68. The molecule has 1 amide bonds. The van der Waals surface area contributed by atoms with Gasteiger partial charge in [-0.2, -0.15) is 5.26 Å². The van der Waals surface area contributed by atoms with Crippen LogP contribution in [0.4, 0.5) is 17.1 Å². The first-order valence-electron chi connectivity index (χ1n) is 5.68. The molecule has 0 atom stereocenters. The smallest absolute Gasteiger partial charge is 0.221 e. The lowest BCUT2D eigenvalue weighted by atomic mass is 10.2. The summed E-state index contributed by atoms with van der Waals surface area (Å²) in [6.45, 7) is 1.46. The molecule has 0 bridgehead atoms. The van der Waals surface area contributed by atoms with Crippen molar-refractivity contribution in [3.63, 3.8) is 0 Å². The quantitative estimate of drug-likeness (QED) is 0.880. The Bertz CT molecular complexity index is 629. The highest BCUT2D eigenvalue weighted by Crippen LogP contribution is 2.19. The van der Waals surface area contributed by atoms with Gasteiger partial charge in [-0.05, 0) is 30.3 Å². The van der Waals surface area contributed by atoms with E-state index in [2.05, 4.69) is 15.6 Å². The molecule has 2 aromatic rings. The van der Waals surface area contributed by atoms with Crippen LogP contribution >= 0.6 is 0 Å². The van der Waals surface area contributed by atoms with Gasteiger partial charge in [0.2, 0.25) is 5.91 Å². The third-order valence-corrected chi connectivity index (χ3v) is 2.35. The van der Waals surface area contributed by atoms with Gasteiger partial charge in [0, 0.05) is 18.3 Å². The molecule has 0 aliphatic carbocycles. The fourth-order valence-corrected chi connectivity index (χ4v) is 1.58. The Hall–Kier alpha value is -2.87. The number of nitrogens with zero attached hydrogens (tertiary/aromatic N) is 2. The third-order valence-electron chi connectivity index (χ3n) is 2.35. The number of carbonyl (C=O) groups is 1. The van der Waals surface area contributed by atoms with Gasteiger partial charge < -0.3 is 10.6 Å². The zero-order valence-corrected chi connectivity index (χ0v) is 10.3. The molecule has 0 aliphatic rings. The molecule has 5 nitrogen and oxygen atoms in total. The van der Waals surface area contributed by atoms with Crippen molar-refractivity contribution in [2.75, 3.05) is 10.6 Å². The first-order chi connectivity index (χ1) is 9.17. The highest BCUT2D eigenvalue weighted by Gasteiger charge is 1.99. The Morgan fingerprint density at radius 2 is 2.00 bits per heavy atom. The molecule has 19 heavy (non-hydrogen) atoms. The van der Waals surface area contributed by atoms with E-state index in [4.69, 9.17) is 5.26 Å². The summed E-state index contributed by atoms with van der Waals surface area (Å²) in [5.41, 5.74) is 2.70. The van der Waals surface area contributed by atoms with E-state index in [1.807, 2.05) is 30.3 Å². The van der Waals surface area contributed by atoms with Crippen molar-refractivity contribution in [2.24, 2.45) is 0 Å². The first kappa shape index (κ1) is 12.6. The standard InChI is InChI=1S/C14H12N4O/c1-10(19)17-11-3-2-4-12(7-11)18-14-6-5-13(8-15)16-9-14/h2-7,9,18H,1H3,(H,17,19).